The maximum Gasteiger partial charge on any atom is 0.272 e. The van der Waals surface area contributed by atoms with E-state index in [0.717, 1.165) is 10.0 Å². The van der Waals surface area contributed by atoms with Gasteiger partial charge in [0.25, 0.3) is 11.8 Å². The van der Waals surface area contributed by atoms with E-state index in [1.54, 1.807) is 30.3 Å². The molecule has 168 valence electrons. The molecule has 0 unspecified atom stereocenters. The van der Waals surface area contributed by atoms with E-state index in [9.17, 15) is 28.8 Å². The van der Waals surface area contributed by atoms with E-state index >= 15 is 0 Å². The van der Waals surface area contributed by atoms with Crippen LogP contribution in [0.4, 0.5) is 11.4 Å². The van der Waals surface area contributed by atoms with Crippen molar-refractivity contribution in [1.29, 1.82) is 0 Å². The fourth-order valence-electron chi connectivity index (χ4n) is 3.38. The monoisotopic (exact) mass is 449 g/mol. The zero-order chi connectivity index (χ0) is 23.5. The molecule has 2 aromatic carbocycles. The zero-order valence-corrected chi connectivity index (χ0v) is 17.3. The number of benzene rings is 2. The molecule has 2 aliphatic rings. The van der Waals surface area contributed by atoms with Crippen LogP contribution < -0.4 is 16.2 Å². The van der Waals surface area contributed by atoms with E-state index < -0.39 is 35.4 Å². The molecule has 33 heavy (non-hydrogen) atoms. The summed E-state index contributed by atoms with van der Waals surface area (Å²) in [6, 6.07) is 12.7. The molecule has 2 fully saturated rings. The minimum absolute atomic E-state index is 0.0546. The Hall–Kier alpha value is -4.54. The summed E-state index contributed by atoms with van der Waals surface area (Å²) in [7, 11) is 0. The van der Waals surface area contributed by atoms with Crippen LogP contribution in [-0.4, -0.2) is 45.5 Å². The second kappa shape index (κ2) is 8.91. The Kier molecular flexibility index (Phi) is 5.85. The smallest absolute Gasteiger partial charge is 0.272 e. The predicted molar refractivity (Wildman–Crippen MR) is 113 cm³/mol. The van der Waals surface area contributed by atoms with E-state index in [2.05, 4.69) is 16.2 Å². The number of rotatable bonds is 6. The van der Waals surface area contributed by atoms with Gasteiger partial charge in [-0.3, -0.25) is 39.6 Å². The maximum absolute atomic E-state index is 12.7. The number of hydrogen-bond acceptors (Lipinski definition) is 7. The van der Waals surface area contributed by atoms with E-state index in [-0.39, 0.29) is 36.8 Å². The summed E-state index contributed by atoms with van der Waals surface area (Å²) in [5.74, 6) is -3.09. The number of carbonyl (C=O) groups is 6. The third kappa shape index (κ3) is 4.56. The van der Waals surface area contributed by atoms with E-state index in [0.29, 0.717) is 11.4 Å². The summed E-state index contributed by atoms with van der Waals surface area (Å²) in [5.41, 5.74) is 6.02. The molecule has 2 heterocycles. The summed E-state index contributed by atoms with van der Waals surface area (Å²) in [5, 5.41) is 4.50. The van der Waals surface area contributed by atoms with Gasteiger partial charge in [-0.2, -0.15) is 10.0 Å². The average Bonchev–Trinajstić information content (AvgIpc) is 3.30. The molecule has 0 bridgehead atoms. The highest BCUT2D eigenvalue weighted by molar-refractivity contribution is 6.07. The number of carbonyl (C=O) groups excluding carboxylic acids is 6. The molecule has 3 N–H and O–H groups in total. The number of imide groups is 2. The molecule has 4 rings (SSSR count). The van der Waals surface area contributed by atoms with Gasteiger partial charge in [-0.1, -0.05) is 12.1 Å². The molecule has 11 heteroatoms. The number of anilines is 2. The van der Waals surface area contributed by atoms with Gasteiger partial charge >= 0.3 is 0 Å². The first-order chi connectivity index (χ1) is 15.8. The Labute approximate surface area is 187 Å². The Balaban J connectivity index is 1.44. The Morgan fingerprint density at radius 1 is 0.636 bits per heavy atom. The number of para-hydroxylation sites is 1. The Morgan fingerprint density at radius 3 is 1.67 bits per heavy atom. The van der Waals surface area contributed by atoms with Gasteiger partial charge in [-0.05, 0) is 36.4 Å². The summed E-state index contributed by atoms with van der Waals surface area (Å²) in [4.78, 5) is 71.8. The van der Waals surface area contributed by atoms with E-state index in [4.69, 9.17) is 0 Å². The molecule has 0 aliphatic carbocycles. The van der Waals surface area contributed by atoms with Crippen molar-refractivity contribution in [2.75, 3.05) is 5.32 Å². The summed E-state index contributed by atoms with van der Waals surface area (Å²) >= 11 is 0. The third-order valence-electron chi connectivity index (χ3n) is 5.13. The normalized spacial score (nSPS) is 15.8. The lowest BCUT2D eigenvalue weighted by molar-refractivity contribution is -0.142. The zero-order valence-electron chi connectivity index (χ0n) is 17.3. The fraction of sp³-hybridized carbons (Fsp3) is 0.182. The highest BCUT2D eigenvalue weighted by Gasteiger charge is 2.32. The molecular weight excluding hydrogens is 430 g/mol. The second-order valence-electron chi connectivity index (χ2n) is 7.38. The van der Waals surface area contributed by atoms with Gasteiger partial charge in [-0.15, -0.1) is 0 Å². The average molecular weight is 449 g/mol. The van der Waals surface area contributed by atoms with Crippen LogP contribution in [0, 0.1) is 0 Å². The molecule has 0 saturated carbocycles. The molecule has 2 aromatic rings. The number of nitrogens with zero attached hydrogens (tertiary/aromatic N) is 2. The van der Waals surface area contributed by atoms with Crippen LogP contribution in [0.1, 0.15) is 46.4 Å². The molecule has 11 nitrogen and oxygen atoms in total. The highest BCUT2D eigenvalue weighted by atomic mass is 16.2. The van der Waals surface area contributed by atoms with Crippen molar-refractivity contribution in [3.05, 3.63) is 59.7 Å². The van der Waals surface area contributed by atoms with Crippen LogP contribution in [0.15, 0.2) is 48.5 Å². The molecule has 0 atom stereocenters. The van der Waals surface area contributed by atoms with Crippen LogP contribution in [0.5, 0.6) is 0 Å². The van der Waals surface area contributed by atoms with Gasteiger partial charge in [0.15, 0.2) is 0 Å². The quantitative estimate of drug-likeness (QED) is 0.558. The first kappa shape index (κ1) is 21.7. The van der Waals surface area contributed by atoms with Crippen molar-refractivity contribution in [2.45, 2.75) is 25.7 Å². The van der Waals surface area contributed by atoms with Crippen molar-refractivity contribution in [1.82, 2.24) is 20.9 Å². The van der Waals surface area contributed by atoms with Crippen molar-refractivity contribution in [3.8, 4) is 0 Å². The lowest BCUT2D eigenvalue weighted by atomic mass is 10.1. The Morgan fingerprint density at radius 2 is 1.12 bits per heavy atom. The SMILES string of the molecule is O=C(NN1C(=O)CCC1=O)c1ccc(Nc2ccccc2C(=O)NN2C(=O)CCC2=O)cc1. The molecule has 2 aliphatic heterocycles. The van der Waals surface area contributed by atoms with Crippen molar-refractivity contribution in [3.63, 3.8) is 0 Å². The van der Waals surface area contributed by atoms with Crippen molar-refractivity contribution in [2.24, 2.45) is 0 Å². The summed E-state index contributed by atoms with van der Waals surface area (Å²) < 4.78 is 0. The Bertz CT molecular complexity index is 1140. The van der Waals surface area contributed by atoms with Gasteiger partial charge in [0.05, 0.1) is 11.3 Å². The first-order valence-electron chi connectivity index (χ1n) is 10.1. The van der Waals surface area contributed by atoms with Gasteiger partial charge in [0, 0.05) is 36.9 Å². The van der Waals surface area contributed by atoms with E-state index in [1.165, 1.54) is 18.2 Å². The topological polar surface area (TPSA) is 145 Å². The predicted octanol–water partition coefficient (Wildman–Crippen LogP) is 1.02. The number of hydrogen-bond donors (Lipinski definition) is 3. The lowest BCUT2D eigenvalue weighted by Crippen LogP contribution is -2.45. The highest BCUT2D eigenvalue weighted by Crippen LogP contribution is 2.22. The third-order valence-corrected chi connectivity index (χ3v) is 5.13. The second-order valence-corrected chi connectivity index (χ2v) is 7.38. The molecule has 0 aromatic heterocycles. The minimum atomic E-state index is -0.627. The number of amides is 6. The van der Waals surface area contributed by atoms with Crippen LogP contribution in [0.25, 0.3) is 0 Å². The first-order valence-corrected chi connectivity index (χ1v) is 10.1. The molecule has 0 radical (unpaired) electrons. The number of nitrogens with one attached hydrogen (secondary N) is 3. The van der Waals surface area contributed by atoms with Gasteiger partial charge in [-0.25, -0.2) is 0 Å². The maximum atomic E-state index is 12.7. The fourth-order valence-corrected chi connectivity index (χ4v) is 3.38. The molecular formula is C22H19N5O6. The van der Waals surface area contributed by atoms with Crippen LogP contribution in [0.2, 0.25) is 0 Å². The van der Waals surface area contributed by atoms with Crippen LogP contribution in [-0.2, 0) is 19.2 Å². The largest absolute Gasteiger partial charge is 0.355 e. The molecule has 0 spiro atoms. The van der Waals surface area contributed by atoms with Crippen LogP contribution in [0.3, 0.4) is 0 Å². The summed E-state index contributed by atoms with van der Waals surface area (Å²) in [6.07, 6.45) is 0.238. The van der Waals surface area contributed by atoms with Crippen molar-refractivity contribution < 1.29 is 28.8 Å². The summed E-state index contributed by atoms with van der Waals surface area (Å²) in [6.45, 7) is 0. The van der Waals surface area contributed by atoms with Gasteiger partial charge in [0.1, 0.15) is 0 Å². The lowest BCUT2D eigenvalue weighted by Gasteiger charge is -2.17. The van der Waals surface area contributed by atoms with Gasteiger partial charge in [0.2, 0.25) is 23.6 Å². The van der Waals surface area contributed by atoms with Gasteiger partial charge < -0.3 is 5.32 Å². The van der Waals surface area contributed by atoms with Crippen molar-refractivity contribution >= 4 is 46.8 Å². The molecule has 2 saturated heterocycles. The minimum Gasteiger partial charge on any atom is -0.355 e. The number of hydrazine groups is 2. The van der Waals surface area contributed by atoms with E-state index in [1.807, 2.05) is 0 Å². The standard InChI is InChI=1S/C22H19N5O6/c28-17-9-10-18(29)26(17)24-21(32)13-5-7-14(8-6-13)23-16-4-2-1-3-15(16)22(33)25-27-19(30)11-12-20(27)31/h1-8,23H,9-12H2,(H,24,32)(H,25,33). The molecule has 6 amide bonds. The van der Waals surface area contributed by atoms with Crippen LogP contribution >= 0.6 is 0 Å².